The Kier molecular flexibility index (Phi) is 7.92. The van der Waals surface area contributed by atoms with Crippen LogP contribution in [0.3, 0.4) is 0 Å². The normalized spacial score (nSPS) is 20.5. The number of nitrogens with zero attached hydrogens (tertiary/aromatic N) is 6. The van der Waals surface area contributed by atoms with Crippen LogP contribution in [-0.2, 0) is 4.74 Å². The van der Waals surface area contributed by atoms with Gasteiger partial charge in [0.1, 0.15) is 18.5 Å². The van der Waals surface area contributed by atoms with E-state index in [9.17, 15) is 0 Å². The minimum absolute atomic E-state index is 0.112. The van der Waals surface area contributed by atoms with E-state index in [1.54, 1.807) is 12.3 Å². The third-order valence-electron chi connectivity index (χ3n) is 6.59. The highest BCUT2D eigenvalue weighted by Gasteiger charge is 2.25. The molecule has 1 aliphatic heterocycles. The minimum atomic E-state index is 0.112. The van der Waals surface area contributed by atoms with Crippen molar-refractivity contribution in [3.63, 3.8) is 0 Å². The Labute approximate surface area is 212 Å². The largest absolute Gasteiger partial charge is 0.476 e. The molecule has 36 heavy (non-hydrogen) atoms. The molecular weight excluding hydrogens is 458 g/mol. The average molecular weight is 494 g/mol. The predicted octanol–water partition coefficient (Wildman–Crippen LogP) is 3.00. The minimum Gasteiger partial charge on any atom is -0.476 e. The van der Waals surface area contributed by atoms with Crippen molar-refractivity contribution in [3.05, 3.63) is 36.7 Å². The summed E-state index contributed by atoms with van der Waals surface area (Å²) < 4.78 is 17.7. The number of rotatable bonds is 9. The number of aromatic nitrogens is 4. The molecule has 0 aromatic carbocycles. The van der Waals surface area contributed by atoms with Crippen LogP contribution in [0.1, 0.15) is 25.7 Å². The zero-order valence-electron chi connectivity index (χ0n) is 21.1. The predicted molar refractivity (Wildman–Crippen MR) is 139 cm³/mol. The zero-order chi connectivity index (χ0) is 24.7. The van der Waals surface area contributed by atoms with Crippen molar-refractivity contribution >= 4 is 22.7 Å². The molecule has 0 atom stereocenters. The molecule has 3 aromatic rings. The molecule has 2 fully saturated rings. The molecule has 4 heterocycles. The number of ether oxygens (including phenoxy) is 3. The van der Waals surface area contributed by atoms with Gasteiger partial charge in [-0.1, -0.05) is 0 Å². The van der Waals surface area contributed by atoms with Crippen molar-refractivity contribution in [1.82, 2.24) is 24.8 Å². The number of likely N-dealkylation sites (N-methyl/N-ethyl adjacent to an activating group) is 1. The maximum absolute atomic E-state index is 6.49. The number of nitrogens with one attached hydrogen (secondary N) is 1. The zero-order valence-corrected chi connectivity index (χ0v) is 21.1. The Hall–Kier alpha value is -3.24. The van der Waals surface area contributed by atoms with Crippen LogP contribution >= 0.6 is 0 Å². The van der Waals surface area contributed by atoms with Gasteiger partial charge in [0.15, 0.2) is 0 Å². The lowest BCUT2D eigenvalue weighted by Gasteiger charge is -2.31. The maximum Gasteiger partial charge on any atom is 0.226 e. The Balaban J connectivity index is 1.19. The van der Waals surface area contributed by atoms with Gasteiger partial charge in [0.05, 0.1) is 24.1 Å². The van der Waals surface area contributed by atoms with Gasteiger partial charge in [0, 0.05) is 50.2 Å². The Morgan fingerprint density at radius 3 is 2.69 bits per heavy atom. The van der Waals surface area contributed by atoms with Gasteiger partial charge in [-0.2, -0.15) is 9.97 Å². The van der Waals surface area contributed by atoms with Crippen LogP contribution in [0.15, 0.2) is 36.7 Å². The SMILES string of the molecule is CN(C)CCOc1ccnc(NC2CCC(Oc3nc(N4CCOCC4)cc4ncccc34)CC2)n1. The number of anilines is 2. The molecule has 2 aliphatic rings. The molecule has 10 nitrogen and oxygen atoms in total. The summed E-state index contributed by atoms with van der Waals surface area (Å²) in [6.45, 7) is 4.51. The van der Waals surface area contributed by atoms with E-state index in [0.717, 1.165) is 62.0 Å². The van der Waals surface area contributed by atoms with Gasteiger partial charge in [0.25, 0.3) is 0 Å². The Morgan fingerprint density at radius 1 is 1.06 bits per heavy atom. The van der Waals surface area contributed by atoms with Gasteiger partial charge in [-0.3, -0.25) is 4.98 Å². The van der Waals surface area contributed by atoms with Crippen LogP contribution in [0.5, 0.6) is 11.8 Å². The summed E-state index contributed by atoms with van der Waals surface area (Å²) in [4.78, 5) is 22.7. The molecule has 0 unspecified atom stereocenters. The molecule has 1 aliphatic carbocycles. The van der Waals surface area contributed by atoms with Crippen molar-refractivity contribution in [2.45, 2.75) is 37.8 Å². The topological polar surface area (TPSA) is 97.8 Å². The summed E-state index contributed by atoms with van der Waals surface area (Å²) in [6, 6.07) is 8.11. The maximum atomic E-state index is 6.49. The van der Waals surface area contributed by atoms with E-state index in [1.807, 2.05) is 38.5 Å². The Bertz CT molecular complexity index is 1130. The molecule has 0 spiro atoms. The van der Waals surface area contributed by atoms with Gasteiger partial charge >= 0.3 is 0 Å². The van der Waals surface area contributed by atoms with Crippen LogP contribution < -0.4 is 19.7 Å². The molecule has 1 saturated heterocycles. The van der Waals surface area contributed by atoms with Crippen molar-refractivity contribution in [1.29, 1.82) is 0 Å². The first kappa shape index (κ1) is 24.5. The lowest BCUT2D eigenvalue weighted by Crippen LogP contribution is -2.37. The first-order chi connectivity index (χ1) is 17.6. The van der Waals surface area contributed by atoms with Crippen molar-refractivity contribution < 1.29 is 14.2 Å². The number of pyridine rings is 2. The fraction of sp³-hybridized carbons (Fsp3) is 0.538. The van der Waals surface area contributed by atoms with E-state index in [1.165, 1.54) is 0 Å². The lowest BCUT2D eigenvalue weighted by atomic mass is 9.93. The lowest BCUT2D eigenvalue weighted by molar-refractivity contribution is 0.122. The molecule has 0 amide bonds. The second kappa shape index (κ2) is 11.7. The summed E-state index contributed by atoms with van der Waals surface area (Å²) in [6.07, 6.45) is 7.47. The first-order valence-corrected chi connectivity index (χ1v) is 12.8. The summed E-state index contributed by atoms with van der Waals surface area (Å²) in [5.41, 5.74) is 0.907. The third-order valence-corrected chi connectivity index (χ3v) is 6.59. The standard InChI is InChI=1S/C26H35N7O3/c1-32(2)12-17-35-24-9-11-28-26(31-24)29-19-5-7-20(8-6-19)36-25-21-4-3-10-27-22(21)18-23(30-25)33-13-15-34-16-14-33/h3-4,9-11,18-20H,5-8,12-17H2,1-2H3,(H,28,29,31). The van der Waals surface area contributed by atoms with E-state index in [0.29, 0.717) is 43.6 Å². The van der Waals surface area contributed by atoms with E-state index in [2.05, 4.69) is 30.1 Å². The highest BCUT2D eigenvalue weighted by molar-refractivity contribution is 5.85. The number of hydrogen-bond donors (Lipinski definition) is 1. The first-order valence-electron chi connectivity index (χ1n) is 12.8. The summed E-state index contributed by atoms with van der Waals surface area (Å²) in [5.74, 6) is 2.78. The number of morpholine rings is 1. The van der Waals surface area contributed by atoms with Crippen LogP contribution in [0.2, 0.25) is 0 Å². The van der Waals surface area contributed by atoms with Crippen molar-refractivity contribution in [3.8, 4) is 11.8 Å². The van der Waals surface area contributed by atoms with Crippen LogP contribution in [0, 0.1) is 0 Å². The molecule has 3 aromatic heterocycles. The van der Waals surface area contributed by atoms with Crippen LogP contribution in [-0.4, -0.2) is 90.5 Å². The second-order valence-corrected chi connectivity index (χ2v) is 9.56. The van der Waals surface area contributed by atoms with Gasteiger partial charge in [-0.25, -0.2) is 4.98 Å². The number of hydrogen-bond acceptors (Lipinski definition) is 10. The summed E-state index contributed by atoms with van der Waals surface area (Å²) in [5, 5.41) is 4.43. The van der Waals surface area contributed by atoms with E-state index >= 15 is 0 Å². The van der Waals surface area contributed by atoms with Crippen molar-refractivity contribution in [2.75, 3.05) is 63.8 Å². The van der Waals surface area contributed by atoms with Crippen LogP contribution in [0.4, 0.5) is 11.8 Å². The summed E-state index contributed by atoms with van der Waals surface area (Å²) in [7, 11) is 4.04. The highest BCUT2D eigenvalue weighted by atomic mass is 16.5. The van der Waals surface area contributed by atoms with E-state index in [4.69, 9.17) is 19.2 Å². The second-order valence-electron chi connectivity index (χ2n) is 9.56. The van der Waals surface area contributed by atoms with E-state index in [-0.39, 0.29) is 6.10 Å². The molecular formula is C26H35N7O3. The molecule has 0 bridgehead atoms. The monoisotopic (exact) mass is 493 g/mol. The molecule has 5 rings (SSSR count). The smallest absolute Gasteiger partial charge is 0.226 e. The molecule has 192 valence electrons. The van der Waals surface area contributed by atoms with Crippen molar-refractivity contribution in [2.24, 2.45) is 0 Å². The fourth-order valence-corrected chi connectivity index (χ4v) is 4.57. The van der Waals surface area contributed by atoms with Gasteiger partial charge in [0.2, 0.25) is 17.7 Å². The number of fused-ring (bicyclic) bond motifs is 1. The van der Waals surface area contributed by atoms with Gasteiger partial charge in [-0.15, -0.1) is 0 Å². The summed E-state index contributed by atoms with van der Waals surface area (Å²) >= 11 is 0. The van der Waals surface area contributed by atoms with Gasteiger partial charge in [-0.05, 0) is 51.9 Å². The molecule has 10 heteroatoms. The highest BCUT2D eigenvalue weighted by Crippen LogP contribution is 2.31. The fourth-order valence-electron chi connectivity index (χ4n) is 4.57. The average Bonchev–Trinajstić information content (AvgIpc) is 2.90. The Morgan fingerprint density at radius 2 is 1.89 bits per heavy atom. The quantitative estimate of drug-likeness (QED) is 0.479. The molecule has 1 saturated carbocycles. The van der Waals surface area contributed by atoms with Gasteiger partial charge < -0.3 is 29.3 Å². The molecule has 1 N–H and O–H groups in total. The van der Waals surface area contributed by atoms with Crippen LogP contribution in [0.25, 0.3) is 10.9 Å². The molecule has 0 radical (unpaired) electrons. The third kappa shape index (κ3) is 6.30. The van der Waals surface area contributed by atoms with E-state index < -0.39 is 0 Å².